The maximum Gasteiger partial charge on any atom is 0.317 e. The fraction of sp³-hybridized carbons (Fsp3) is 0.588. The molecule has 134 valence electrons. The predicted octanol–water partition coefficient (Wildman–Crippen LogP) is 2.15. The van der Waals surface area contributed by atoms with E-state index in [2.05, 4.69) is 5.32 Å². The molecule has 0 fully saturated rings. The average molecular weight is 354 g/mol. The van der Waals surface area contributed by atoms with Crippen molar-refractivity contribution < 1.29 is 17.9 Å². The molecule has 7 heteroatoms. The molecule has 1 aromatic rings. The van der Waals surface area contributed by atoms with E-state index in [-0.39, 0.29) is 24.4 Å². The van der Waals surface area contributed by atoms with Gasteiger partial charge in [-0.2, -0.15) is 0 Å². The third kappa shape index (κ3) is 4.63. The van der Waals surface area contributed by atoms with Crippen molar-refractivity contribution in [3.63, 3.8) is 0 Å². The summed E-state index contributed by atoms with van der Waals surface area (Å²) in [7, 11) is -1.44. The van der Waals surface area contributed by atoms with Crippen LogP contribution >= 0.6 is 0 Å². The van der Waals surface area contributed by atoms with Crippen LogP contribution in [0.15, 0.2) is 18.2 Å². The number of hydrogen-bond donors (Lipinski definition) is 1. The second kappa shape index (κ2) is 7.88. The smallest absolute Gasteiger partial charge is 0.317 e. The van der Waals surface area contributed by atoms with E-state index in [1.807, 2.05) is 25.1 Å². The lowest BCUT2D eigenvalue weighted by Crippen LogP contribution is -2.44. The number of fused-ring (bicyclic) bond motifs is 1. The van der Waals surface area contributed by atoms with Crippen molar-refractivity contribution in [2.45, 2.75) is 32.2 Å². The maximum absolute atomic E-state index is 12.5. The number of carbonyl (C=O) groups is 1. The Bertz CT molecular complexity index is 688. The summed E-state index contributed by atoms with van der Waals surface area (Å²) in [6, 6.07) is 5.61. The van der Waals surface area contributed by atoms with Gasteiger partial charge in [-0.15, -0.1) is 0 Å². The molecule has 24 heavy (non-hydrogen) atoms. The number of hydrogen-bond acceptors (Lipinski definition) is 4. The first kappa shape index (κ1) is 18.6. The Kier molecular flexibility index (Phi) is 6.10. The summed E-state index contributed by atoms with van der Waals surface area (Å²) >= 11 is 0. The molecule has 0 aliphatic heterocycles. The predicted molar refractivity (Wildman–Crippen MR) is 94.2 cm³/mol. The Hall–Kier alpha value is -1.76. The third-order valence-corrected chi connectivity index (χ3v) is 5.31. The molecule has 0 spiro atoms. The van der Waals surface area contributed by atoms with Crippen molar-refractivity contribution in [2.24, 2.45) is 0 Å². The Balaban J connectivity index is 2.10. The van der Waals surface area contributed by atoms with Gasteiger partial charge in [0, 0.05) is 19.3 Å². The van der Waals surface area contributed by atoms with Crippen molar-refractivity contribution in [1.29, 1.82) is 0 Å². The largest absolute Gasteiger partial charge is 0.496 e. The quantitative estimate of drug-likeness (QED) is 0.849. The monoisotopic (exact) mass is 354 g/mol. The molecule has 1 N–H and O–H groups in total. The van der Waals surface area contributed by atoms with Crippen molar-refractivity contribution in [1.82, 2.24) is 10.2 Å². The van der Waals surface area contributed by atoms with Crippen LogP contribution in [-0.2, 0) is 16.3 Å². The zero-order valence-electron chi connectivity index (χ0n) is 14.5. The second-order valence-electron chi connectivity index (χ2n) is 6.13. The molecule has 6 nitrogen and oxygen atoms in total. The fourth-order valence-electron chi connectivity index (χ4n) is 3.08. The molecule has 2 rings (SSSR count). The Morgan fingerprint density at radius 1 is 1.42 bits per heavy atom. The first-order valence-corrected chi connectivity index (χ1v) is 10.3. The van der Waals surface area contributed by atoms with Crippen LogP contribution in [0.4, 0.5) is 4.79 Å². The van der Waals surface area contributed by atoms with E-state index in [4.69, 9.17) is 4.74 Å². The molecular formula is C17H26N2O4S. The van der Waals surface area contributed by atoms with Gasteiger partial charge in [-0.05, 0) is 43.4 Å². The lowest BCUT2D eigenvalue weighted by Gasteiger charge is -2.30. The molecule has 1 unspecified atom stereocenters. The third-order valence-electron chi connectivity index (χ3n) is 4.38. The van der Waals surface area contributed by atoms with E-state index in [0.29, 0.717) is 6.54 Å². The van der Waals surface area contributed by atoms with E-state index < -0.39 is 9.84 Å². The zero-order valence-corrected chi connectivity index (χ0v) is 15.4. The number of nitrogens with zero attached hydrogens (tertiary/aromatic N) is 1. The maximum atomic E-state index is 12.5. The minimum Gasteiger partial charge on any atom is -0.496 e. The van der Waals surface area contributed by atoms with Crippen molar-refractivity contribution in [3.05, 3.63) is 29.3 Å². The van der Waals surface area contributed by atoms with Crippen LogP contribution in [0.25, 0.3) is 0 Å². The highest BCUT2D eigenvalue weighted by molar-refractivity contribution is 7.90. The molecule has 1 aliphatic rings. The summed E-state index contributed by atoms with van der Waals surface area (Å²) in [5, 5.41) is 3.05. The molecular weight excluding hydrogens is 328 g/mol. The molecule has 0 bridgehead atoms. The number of nitrogens with one attached hydrogen (secondary N) is 1. The number of sulfone groups is 1. The van der Waals surface area contributed by atoms with Crippen LogP contribution in [0.1, 0.15) is 36.9 Å². The molecule has 0 heterocycles. The SMILES string of the molecule is CCN(CCS(C)(=O)=O)C(=O)NC1CCCc2c(OC)cccc21. The van der Waals surface area contributed by atoms with Gasteiger partial charge in [0.15, 0.2) is 0 Å². The van der Waals surface area contributed by atoms with E-state index in [1.165, 1.54) is 11.2 Å². The van der Waals surface area contributed by atoms with E-state index in [0.717, 1.165) is 36.1 Å². The normalized spacial score (nSPS) is 17.0. The van der Waals surface area contributed by atoms with Crippen molar-refractivity contribution >= 4 is 15.9 Å². The average Bonchev–Trinajstić information content (AvgIpc) is 2.54. The molecule has 1 aromatic carbocycles. The first-order valence-electron chi connectivity index (χ1n) is 8.24. The van der Waals surface area contributed by atoms with Gasteiger partial charge in [-0.25, -0.2) is 13.2 Å². The molecule has 0 saturated carbocycles. The molecule has 1 aliphatic carbocycles. The minimum absolute atomic E-state index is 0.0245. The van der Waals surface area contributed by atoms with Gasteiger partial charge in [-0.1, -0.05) is 12.1 Å². The fourth-order valence-corrected chi connectivity index (χ4v) is 3.63. The standard InChI is InChI=1S/C17H26N2O4S/c1-4-19(11-12-24(3,21)22)17(20)18-15-9-5-8-14-13(15)7-6-10-16(14)23-2/h6-7,10,15H,4-5,8-9,11-12H2,1-3H3,(H,18,20). The summed E-state index contributed by atoms with van der Waals surface area (Å²) in [6.45, 7) is 2.53. The highest BCUT2D eigenvalue weighted by atomic mass is 32.2. The number of amides is 2. The first-order chi connectivity index (χ1) is 11.4. The number of methoxy groups -OCH3 is 1. The lowest BCUT2D eigenvalue weighted by molar-refractivity contribution is 0.198. The van der Waals surface area contributed by atoms with Crippen LogP contribution in [-0.4, -0.2) is 51.6 Å². The van der Waals surface area contributed by atoms with Crippen LogP contribution < -0.4 is 10.1 Å². The Morgan fingerprint density at radius 3 is 2.79 bits per heavy atom. The van der Waals surface area contributed by atoms with Crippen LogP contribution in [0.5, 0.6) is 5.75 Å². The van der Waals surface area contributed by atoms with E-state index >= 15 is 0 Å². The molecule has 2 amide bonds. The molecule has 0 radical (unpaired) electrons. The van der Waals surface area contributed by atoms with Crippen molar-refractivity contribution in [3.8, 4) is 5.75 Å². The van der Waals surface area contributed by atoms with Gasteiger partial charge in [0.25, 0.3) is 0 Å². The topological polar surface area (TPSA) is 75.7 Å². The molecule has 1 atom stereocenters. The van der Waals surface area contributed by atoms with E-state index in [1.54, 1.807) is 7.11 Å². The van der Waals surface area contributed by atoms with Gasteiger partial charge in [0.05, 0.1) is 18.9 Å². The van der Waals surface area contributed by atoms with Crippen molar-refractivity contribution in [2.75, 3.05) is 32.2 Å². The number of urea groups is 1. The minimum atomic E-state index is -3.09. The zero-order chi connectivity index (χ0) is 17.7. The summed E-state index contributed by atoms with van der Waals surface area (Å²) in [4.78, 5) is 14.0. The Morgan fingerprint density at radius 2 is 2.17 bits per heavy atom. The highest BCUT2D eigenvalue weighted by Crippen LogP contribution is 2.35. The van der Waals surface area contributed by atoms with Crippen LogP contribution in [0.3, 0.4) is 0 Å². The van der Waals surface area contributed by atoms with Crippen LogP contribution in [0.2, 0.25) is 0 Å². The summed E-state index contributed by atoms with van der Waals surface area (Å²) < 4.78 is 28.1. The van der Waals surface area contributed by atoms with Crippen LogP contribution in [0, 0.1) is 0 Å². The lowest BCUT2D eigenvalue weighted by atomic mass is 9.87. The molecule has 0 saturated heterocycles. The summed E-state index contributed by atoms with van der Waals surface area (Å²) in [5.41, 5.74) is 2.24. The number of benzene rings is 1. The number of rotatable bonds is 6. The van der Waals surface area contributed by atoms with Gasteiger partial charge >= 0.3 is 6.03 Å². The number of ether oxygens (including phenoxy) is 1. The van der Waals surface area contributed by atoms with Gasteiger partial charge in [0.2, 0.25) is 0 Å². The van der Waals surface area contributed by atoms with E-state index in [9.17, 15) is 13.2 Å². The Labute approximate surface area is 144 Å². The van der Waals surface area contributed by atoms with Gasteiger partial charge in [0.1, 0.15) is 15.6 Å². The summed E-state index contributed by atoms with van der Waals surface area (Å²) in [6.07, 6.45) is 3.98. The highest BCUT2D eigenvalue weighted by Gasteiger charge is 2.25. The second-order valence-corrected chi connectivity index (χ2v) is 8.39. The summed E-state index contributed by atoms with van der Waals surface area (Å²) in [5.74, 6) is 0.833. The van der Waals surface area contributed by atoms with Gasteiger partial charge < -0.3 is 15.0 Å². The van der Waals surface area contributed by atoms with Gasteiger partial charge in [-0.3, -0.25) is 0 Å². The number of carbonyl (C=O) groups excluding carboxylic acids is 1. The molecule has 0 aromatic heterocycles.